The number of amides is 1. The van der Waals surface area contributed by atoms with E-state index in [0.717, 1.165) is 25.3 Å². The molecule has 6 nitrogen and oxygen atoms in total. The molecule has 0 bridgehead atoms. The molecule has 1 aromatic rings. The molecule has 122 valence electrons. The van der Waals surface area contributed by atoms with Gasteiger partial charge in [-0.05, 0) is 18.6 Å². The first kappa shape index (κ1) is 16.7. The van der Waals surface area contributed by atoms with E-state index in [9.17, 15) is 9.90 Å². The van der Waals surface area contributed by atoms with Gasteiger partial charge in [-0.25, -0.2) is 4.98 Å². The van der Waals surface area contributed by atoms with Crippen molar-refractivity contribution in [3.05, 3.63) is 23.9 Å². The molecule has 2 rings (SSSR count). The lowest BCUT2D eigenvalue weighted by atomic mass is 10.1. The van der Waals surface area contributed by atoms with Crippen LogP contribution >= 0.6 is 0 Å². The zero-order chi connectivity index (χ0) is 16.1. The van der Waals surface area contributed by atoms with Crippen molar-refractivity contribution in [1.82, 2.24) is 14.8 Å². The Balaban J connectivity index is 1.94. The highest BCUT2D eigenvalue weighted by Gasteiger charge is 2.25. The number of hydrogen-bond acceptors (Lipinski definition) is 5. The third kappa shape index (κ3) is 3.75. The molecule has 1 saturated heterocycles. The van der Waals surface area contributed by atoms with Crippen LogP contribution in [0.2, 0.25) is 0 Å². The van der Waals surface area contributed by atoms with Crippen molar-refractivity contribution >= 4 is 11.7 Å². The summed E-state index contributed by atoms with van der Waals surface area (Å²) in [5, 5.41) is 9.37. The van der Waals surface area contributed by atoms with Crippen molar-refractivity contribution in [2.75, 3.05) is 51.8 Å². The molecule has 1 N–H and O–H groups in total. The molecule has 6 heteroatoms. The van der Waals surface area contributed by atoms with Gasteiger partial charge in [0.15, 0.2) is 0 Å². The molecule has 1 unspecified atom stereocenters. The number of piperazine rings is 1. The third-order valence-electron chi connectivity index (χ3n) is 4.25. The topological polar surface area (TPSA) is 59.9 Å². The Kier molecular flexibility index (Phi) is 5.74. The van der Waals surface area contributed by atoms with Gasteiger partial charge in [-0.2, -0.15) is 0 Å². The molecule has 1 fully saturated rings. The maximum Gasteiger partial charge on any atom is 0.255 e. The van der Waals surface area contributed by atoms with Crippen LogP contribution < -0.4 is 4.90 Å². The first-order valence-corrected chi connectivity index (χ1v) is 7.84. The van der Waals surface area contributed by atoms with Gasteiger partial charge < -0.3 is 14.9 Å². The fourth-order valence-electron chi connectivity index (χ4n) is 2.75. The summed E-state index contributed by atoms with van der Waals surface area (Å²) < 4.78 is 0. The number of carbonyl (C=O) groups is 1. The highest BCUT2D eigenvalue weighted by Crippen LogP contribution is 2.13. The summed E-state index contributed by atoms with van der Waals surface area (Å²) in [4.78, 5) is 22.8. The number of aliphatic hydroxyl groups excluding tert-OH is 1. The van der Waals surface area contributed by atoms with Gasteiger partial charge in [0.25, 0.3) is 5.91 Å². The lowest BCUT2D eigenvalue weighted by Gasteiger charge is -2.38. The minimum absolute atomic E-state index is 0.0366. The largest absolute Gasteiger partial charge is 0.395 e. The summed E-state index contributed by atoms with van der Waals surface area (Å²) in [6.07, 6.45) is 2.58. The Morgan fingerprint density at radius 3 is 2.45 bits per heavy atom. The Bertz CT molecular complexity index is 477. The van der Waals surface area contributed by atoms with Gasteiger partial charge >= 0.3 is 0 Å². The van der Waals surface area contributed by atoms with E-state index in [4.69, 9.17) is 0 Å². The number of hydrogen-bond donors (Lipinski definition) is 1. The van der Waals surface area contributed by atoms with Gasteiger partial charge in [0.1, 0.15) is 5.82 Å². The highest BCUT2D eigenvalue weighted by atomic mass is 16.3. The van der Waals surface area contributed by atoms with Gasteiger partial charge in [-0.3, -0.25) is 9.69 Å². The van der Waals surface area contributed by atoms with Crippen LogP contribution in [-0.4, -0.2) is 78.7 Å². The van der Waals surface area contributed by atoms with Crippen LogP contribution in [0.25, 0.3) is 0 Å². The highest BCUT2D eigenvalue weighted by molar-refractivity contribution is 5.94. The molecule has 2 heterocycles. The molecule has 22 heavy (non-hydrogen) atoms. The average Bonchev–Trinajstić information content (AvgIpc) is 2.56. The SMILES string of the molecule is CCC(CO)N1CCN(C(=O)c2ccc(N(C)C)nc2)CC1. The summed E-state index contributed by atoms with van der Waals surface area (Å²) in [5.74, 6) is 0.879. The normalized spacial score (nSPS) is 17.4. The third-order valence-corrected chi connectivity index (χ3v) is 4.25. The predicted octanol–water partition coefficient (Wildman–Crippen LogP) is 0.676. The fraction of sp³-hybridized carbons (Fsp3) is 0.625. The maximum absolute atomic E-state index is 12.5. The number of carbonyl (C=O) groups excluding carboxylic acids is 1. The molecule has 1 amide bonds. The summed E-state index contributed by atoms with van der Waals surface area (Å²) in [6.45, 7) is 5.29. The van der Waals surface area contributed by atoms with E-state index in [2.05, 4.69) is 16.8 Å². The van der Waals surface area contributed by atoms with E-state index in [1.807, 2.05) is 36.0 Å². The minimum Gasteiger partial charge on any atom is -0.395 e. The van der Waals surface area contributed by atoms with Crippen LogP contribution in [0.5, 0.6) is 0 Å². The van der Waals surface area contributed by atoms with Crippen LogP contribution in [0, 0.1) is 0 Å². The summed E-state index contributed by atoms with van der Waals surface area (Å²) in [7, 11) is 3.85. The smallest absolute Gasteiger partial charge is 0.255 e. The molecule has 0 spiro atoms. The number of aliphatic hydroxyl groups is 1. The van der Waals surface area contributed by atoms with Crippen molar-refractivity contribution in [3.8, 4) is 0 Å². The van der Waals surface area contributed by atoms with Crippen molar-refractivity contribution in [1.29, 1.82) is 0 Å². The van der Waals surface area contributed by atoms with E-state index in [0.29, 0.717) is 18.7 Å². The van der Waals surface area contributed by atoms with E-state index >= 15 is 0 Å². The lowest BCUT2D eigenvalue weighted by Crippen LogP contribution is -2.52. The molecule has 1 atom stereocenters. The number of aromatic nitrogens is 1. The zero-order valence-electron chi connectivity index (χ0n) is 13.7. The molecule has 0 saturated carbocycles. The summed E-state index contributed by atoms with van der Waals surface area (Å²) >= 11 is 0. The van der Waals surface area contributed by atoms with Gasteiger partial charge in [0.2, 0.25) is 0 Å². The molecular formula is C16H26N4O2. The molecule has 0 aliphatic carbocycles. The monoisotopic (exact) mass is 306 g/mol. The minimum atomic E-state index is 0.0366. The Morgan fingerprint density at radius 1 is 1.32 bits per heavy atom. The van der Waals surface area contributed by atoms with E-state index in [-0.39, 0.29) is 18.6 Å². The number of rotatable bonds is 5. The zero-order valence-corrected chi connectivity index (χ0v) is 13.7. The van der Waals surface area contributed by atoms with Gasteiger partial charge in [0.05, 0.1) is 12.2 Å². The van der Waals surface area contributed by atoms with E-state index in [1.165, 1.54) is 0 Å². The van der Waals surface area contributed by atoms with Crippen LogP contribution in [0.15, 0.2) is 18.3 Å². The molecule has 0 radical (unpaired) electrons. The number of nitrogens with zero attached hydrogens (tertiary/aromatic N) is 4. The molecule has 1 aromatic heterocycles. The second-order valence-electron chi connectivity index (χ2n) is 5.87. The average molecular weight is 306 g/mol. The standard InChI is InChI=1S/C16H26N4O2/c1-4-14(12-21)19-7-9-20(10-8-19)16(22)13-5-6-15(17-11-13)18(2)3/h5-6,11,14,21H,4,7-10,12H2,1-3H3. The Morgan fingerprint density at radius 2 is 2.00 bits per heavy atom. The predicted molar refractivity (Wildman–Crippen MR) is 87.2 cm³/mol. The lowest BCUT2D eigenvalue weighted by molar-refractivity contribution is 0.0472. The van der Waals surface area contributed by atoms with Crippen molar-refractivity contribution in [2.24, 2.45) is 0 Å². The Labute approximate surface area is 132 Å². The maximum atomic E-state index is 12.5. The van der Waals surface area contributed by atoms with Crippen LogP contribution in [0.1, 0.15) is 23.7 Å². The molecule has 0 aromatic carbocycles. The second-order valence-corrected chi connectivity index (χ2v) is 5.87. The van der Waals surface area contributed by atoms with Crippen molar-refractivity contribution < 1.29 is 9.90 Å². The van der Waals surface area contributed by atoms with Crippen LogP contribution in [0.4, 0.5) is 5.82 Å². The fourth-order valence-corrected chi connectivity index (χ4v) is 2.75. The van der Waals surface area contributed by atoms with E-state index in [1.54, 1.807) is 6.20 Å². The molecule has 1 aliphatic rings. The second kappa shape index (κ2) is 7.56. The van der Waals surface area contributed by atoms with Crippen molar-refractivity contribution in [3.63, 3.8) is 0 Å². The summed E-state index contributed by atoms with van der Waals surface area (Å²) in [6, 6.07) is 3.90. The van der Waals surface area contributed by atoms with Crippen LogP contribution in [-0.2, 0) is 0 Å². The molecule has 1 aliphatic heterocycles. The van der Waals surface area contributed by atoms with Crippen LogP contribution in [0.3, 0.4) is 0 Å². The number of pyridine rings is 1. The van der Waals surface area contributed by atoms with Crippen molar-refractivity contribution in [2.45, 2.75) is 19.4 Å². The Hall–Kier alpha value is -1.66. The first-order valence-electron chi connectivity index (χ1n) is 7.84. The quantitative estimate of drug-likeness (QED) is 0.867. The summed E-state index contributed by atoms with van der Waals surface area (Å²) in [5.41, 5.74) is 0.633. The first-order chi connectivity index (χ1) is 10.6. The van der Waals surface area contributed by atoms with Gasteiger partial charge in [0, 0.05) is 52.5 Å². The number of anilines is 1. The van der Waals surface area contributed by atoms with Gasteiger partial charge in [-0.15, -0.1) is 0 Å². The van der Waals surface area contributed by atoms with E-state index < -0.39 is 0 Å². The molecular weight excluding hydrogens is 280 g/mol. The van der Waals surface area contributed by atoms with Gasteiger partial charge in [-0.1, -0.05) is 6.92 Å².